The molecule has 112 valence electrons. The summed E-state index contributed by atoms with van der Waals surface area (Å²) in [6.07, 6.45) is 0. The van der Waals surface area contributed by atoms with Crippen LogP contribution in [0.25, 0.3) is 0 Å². The first-order valence-electron chi connectivity index (χ1n) is 6.62. The van der Waals surface area contributed by atoms with Crippen LogP contribution in [0.5, 0.6) is 0 Å². The first kappa shape index (κ1) is 16.3. The number of rotatable bonds is 8. The normalized spacial score (nSPS) is 10.6. The van der Waals surface area contributed by atoms with Gasteiger partial charge in [-0.05, 0) is 32.3 Å². The van der Waals surface area contributed by atoms with E-state index in [2.05, 4.69) is 15.5 Å². The fraction of sp³-hybridized carbons (Fsp3) is 0.500. The fourth-order valence-corrected chi connectivity index (χ4v) is 1.65. The van der Waals surface area contributed by atoms with Gasteiger partial charge in [-0.3, -0.25) is 4.79 Å². The maximum atomic E-state index is 11.7. The van der Waals surface area contributed by atoms with Crippen LogP contribution in [0.4, 0.5) is 11.4 Å². The van der Waals surface area contributed by atoms with Crippen LogP contribution >= 0.6 is 0 Å². The Bertz CT molecular complexity index is 435. The Hall–Kier alpha value is -1.79. The molecule has 6 heteroatoms. The van der Waals surface area contributed by atoms with Crippen LogP contribution in [0.2, 0.25) is 0 Å². The lowest BCUT2D eigenvalue weighted by molar-refractivity contribution is 0.0963. The molecule has 0 aliphatic rings. The molecule has 1 amide bonds. The molecule has 0 fully saturated rings. The molecule has 0 aromatic heterocycles. The third kappa shape index (κ3) is 5.46. The second-order valence-corrected chi connectivity index (χ2v) is 4.73. The van der Waals surface area contributed by atoms with Gasteiger partial charge in [0.15, 0.2) is 0 Å². The molecule has 6 nitrogen and oxygen atoms in total. The van der Waals surface area contributed by atoms with Crippen molar-refractivity contribution in [2.45, 2.75) is 0 Å². The molecule has 1 aromatic carbocycles. The molecule has 0 spiro atoms. The van der Waals surface area contributed by atoms with Crippen molar-refractivity contribution < 1.29 is 9.53 Å². The van der Waals surface area contributed by atoms with Gasteiger partial charge in [0.25, 0.3) is 5.91 Å². The molecule has 0 aliphatic heterocycles. The summed E-state index contributed by atoms with van der Waals surface area (Å²) in [5.41, 5.74) is 7.67. The van der Waals surface area contributed by atoms with E-state index < -0.39 is 0 Å². The molecule has 0 saturated carbocycles. The number of nitrogens with two attached hydrogens (primary N) is 1. The summed E-state index contributed by atoms with van der Waals surface area (Å²) >= 11 is 0. The predicted molar refractivity (Wildman–Crippen MR) is 82.1 cm³/mol. The van der Waals surface area contributed by atoms with Crippen LogP contribution in [0.15, 0.2) is 18.2 Å². The average Bonchev–Trinajstić information content (AvgIpc) is 2.41. The van der Waals surface area contributed by atoms with E-state index in [0.717, 1.165) is 12.2 Å². The van der Waals surface area contributed by atoms with Gasteiger partial charge in [-0.15, -0.1) is 0 Å². The van der Waals surface area contributed by atoms with Crippen molar-refractivity contribution in [3.05, 3.63) is 23.8 Å². The topological polar surface area (TPSA) is 79.6 Å². The first-order valence-corrected chi connectivity index (χ1v) is 6.62. The number of carbonyl (C=O) groups excluding carboxylic acids is 1. The zero-order chi connectivity index (χ0) is 15.0. The maximum Gasteiger partial charge on any atom is 0.253 e. The molecule has 0 aliphatic carbocycles. The summed E-state index contributed by atoms with van der Waals surface area (Å²) in [5.74, 6) is -0.138. The van der Waals surface area contributed by atoms with Gasteiger partial charge in [-0.1, -0.05) is 0 Å². The lowest BCUT2D eigenvalue weighted by Gasteiger charge is -2.13. The Labute approximate surface area is 120 Å². The Morgan fingerprint density at radius 2 is 2.10 bits per heavy atom. The summed E-state index contributed by atoms with van der Waals surface area (Å²) in [4.78, 5) is 13.8. The average molecular weight is 280 g/mol. The van der Waals surface area contributed by atoms with Crippen LogP contribution in [0.3, 0.4) is 0 Å². The van der Waals surface area contributed by atoms with E-state index in [-0.39, 0.29) is 5.91 Å². The number of anilines is 2. The molecule has 20 heavy (non-hydrogen) atoms. The first-order chi connectivity index (χ1) is 9.54. The van der Waals surface area contributed by atoms with Crippen LogP contribution in [0.1, 0.15) is 10.4 Å². The van der Waals surface area contributed by atoms with Gasteiger partial charge in [-0.25, -0.2) is 0 Å². The summed E-state index contributed by atoms with van der Waals surface area (Å²) in [7, 11) is 5.61. The number of hydrogen-bond donors (Lipinski definition) is 3. The fourth-order valence-electron chi connectivity index (χ4n) is 1.65. The van der Waals surface area contributed by atoms with Gasteiger partial charge in [0, 0.05) is 31.5 Å². The zero-order valence-electron chi connectivity index (χ0n) is 12.4. The van der Waals surface area contributed by atoms with Gasteiger partial charge in [0.2, 0.25) is 0 Å². The third-order valence-corrected chi connectivity index (χ3v) is 2.76. The molecular formula is C14H24N4O2. The Kier molecular flexibility index (Phi) is 6.83. The second kappa shape index (κ2) is 8.39. The number of benzene rings is 1. The predicted octanol–water partition coefficient (Wildman–Crippen LogP) is 0.619. The van der Waals surface area contributed by atoms with E-state index in [1.54, 1.807) is 25.2 Å². The largest absolute Gasteiger partial charge is 0.399 e. The highest BCUT2D eigenvalue weighted by molar-refractivity contribution is 6.00. The Morgan fingerprint density at radius 3 is 2.75 bits per heavy atom. The number of amides is 1. The van der Waals surface area contributed by atoms with Crippen LogP contribution in [-0.2, 0) is 4.74 Å². The van der Waals surface area contributed by atoms with Crippen molar-refractivity contribution in [1.82, 2.24) is 10.2 Å². The van der Waals surface area contributed by atoms with Gasteiger partial charge >= 0.3 is 0 Å². The van der Waals surface area contributed by atoms with Crippen molar-refractivity contribution in [2.24, 2.45) is 0 Å². The van der Waals surface area contributed by atoms with E-state index in [9.17, 15) is 4.79 Å². The minimum atomic E-state index is -0.138. The molecule has 0 unspecified atom stereocenters. The summed E-state index contributed by atoms with van der Waals surface area (Å²) in [6, 6.07) is 5.18. The Balaban J connectivity index is 2.46. The number of ether oxygens (including phenoxy) is 1. The van der Waals surface area contributed by atoms with Crippen LogP contribution in [0, 0.1) is 0 Å². The lowest BCUT2D eigenvalue weighted by atomic mass is 10.1. The van der Waals surface area contributed by atoms with Crippen molar-refractivity contribution >= 4 is 17.3 Å². The number of nitrogens with zero attached hydrogens (tertiary/aromatic N) is 1. The molecule has 0 atom stereocenters. The van der Waals surface area contributed by atoms with E-state index in [1.807, 2.05) is 14.1 Å². The quantitative estimate of drug-likeness (QED) is 0.480. The molecule has 4 N–H and O–H groups in total. The van der Waals surface area contributed by atoms with E-state index in [4.69, 9.17) is 10.5 Å². The van der Waals surface area contributed by atoms with Crippen LogP contribution < -0.4 is 16.4 Å². The molecule has 0 heterocycles. The number of nitrogens with one attached hydrogen (secondary N) is 2. The third-order valence-electron chi connectivity index (χ3n) is 2.76. The van der Waals surface area contributed by atoms with Gasteiger partial charge < -0.3 is 26.0 Å². The summed E-state index contributed by atoms with van der Waals surface area (Å²) in [6.45, 7) is 2.78. The van der Waals surface area contributed by atoms with Gasteiger partial charge in [0.1, 0.15) is 0 Å². The molecule has 1 rings (SSSR count). The SMILES string of the molecule is CNC(=O)c1ccc(N)cc1NCCOCCN(C)C. The minimum Gasteiger partial charge on any atom is -0.399 e. The number of likely N-dealkylation sites (N-methyl/N-ethyl adjacent to an activating group) is 1. The standard InChI is InChI=1S/C14H24N4O2/c1-16-14(19)12-5-4-11(15)10-13(12)17-6-8-20-9-7-18(2)3/h4-5,10,17H,6-9,15H2,1-3H3,(H,16,19). The highest BCUT2D eigenvalue weighted by Gasteiger charge is 2.09. The highest BCUT2D eigenvalue weighted by Crippen LogP contribution is 2.18. The van der Waals surface area contributed by atoms with Crippen LogP contribution in [-0.4, -0.2) is 58.3 Å². The second-order valence-electron chi connectivity index (χ2n) is 4.73. The lowest BCUT2D eigenvalue weighted by Crippen LogP contribution is -2.22. The van der Waals surface area contributed by atoms with E-state index >= 15 is 0 Å². The smallest absolute Gasteiger partial charge is 0.253 e. The molecule has 1 aromatic rings. The van der Waals surface area contributed by atoms with Gasteiger partial charge in [0.05, 0.1) is 18.8 Å². The maximum absolute atomic E-state index is 11.7. The summed E-state index contributed by atoms with van der Waals surface area (Å²) in [5, 5.41) is 5.79. The zero-order valence-corrected chi connectivity index (χ0v) is 12.4. The van der Waals surface area contributed by atoms with E-state index in [0.29, 0.717) is 31.0 Å². The molecule has 0 saturated heterocycles. The molecule has 0 bridgehead atoms. The number of carbonyl (C=O) groups is 1. The molecular weight excluding hydrogens is 256 g/mol. The highest BCUT2D eigenvalue weighted by atomic mass is 16.5. The monoisotopic (exact) mass is 280 g/mol. The summed E-state index contributed by atoms with van der Waals surface area (Å²) < 4.78 is 5.49. The number of hydrogen-bond acceptors (Lipinski definition) is 5. The van der Waals surface area contributed by atoms with Crippen molar-refractivity contribution in [3.63, 3.8) is 0 Å². The number of nitrogen functional groups attached to an aromatic ring is 1. The minimum absolute atomic E-state index is 0.138. The van der Waals surface area contributed by atoms with Gasteiger partial charge in [-0.2, -0.15) is 0 Å². The van der Waals surface area contributed by atoms with Crippen molar-refractivity contribution in [1.29, 1.82) is 0 Å². The Morgan fingerprint density at radius 1 is 1.35 bits per heavy atom. The van der Waals surface area contributed by atoms with Crippen molar-refractivity contribution in [2.75, 3.05) is 58.5 Å². The molecule has 0 radical (unpaired) electrons. The van der Waals surface area contributed by atoms with Crippen molar-refractivity contribution in [3.8, 4) is 0 Å². The van der Waals surface area contributed by atoms with E-state index in [1.165, 1.54) is 0 Å².